The SMILES string of the molecule is CN(C)/C=C1/CCc2c(nc3c(c2CCCOC(C)(C)C)CCCC3)C1=O. The number of hydrogen-bond donors (Lipinski definition) is 0. The largest absolute Gasteiger partial charge is 0.383 e. The van der Waals surface area contributed by atoms with Crippen LogP contribution in [0.4, 0.5) is 0 Å². The van der Waals surface area contributed by atoms with E-state index >= 15 is 0 Å². The second-order valence-electron chi connectivity index (χ2n) is 9.06. The number of carbonyl (C=O) groups is 1. The molecule has 1 aromatic rings. The summed E-state index contributed by atoms with van der Waals surface area (Å²) in [5, 5.41) is 0. The van der Waals surface area contributed by atoms with E-state index in [9.17, 15) is 4.79 Å². The second-order valence-corrected chi connectivity index (χ2v) is 9.06. The highest BCUT2D eigenvalue weighted by Gasteiger charge is 2.29. The Morgan fingerprint density at radius 3 is 2.52 bits per heavy atom. The highest BCUT2D eigenvalue weighted by molar-refractivity contribution is 6.09. The first-order valence-electron chi connectivity index (χ1n) is 10.4. The average Bonchev–Trinajstić information content (AvgIpc) is 2.59. The molecule has 0 N–H and O–H groups in total. The molecule has 1 heterocycles. The summed E-state index contributed by atoms with van der Waals surface area (Å²) in [7, 11) is 3.94. The molecule has 0 spiro atoms. The van der Waals surface area contributed by atoms with Crippen molar-refractivity contribution in [3.05, 3.63) is 39.9 Å². The van der Waals surface area contributed by atoms with Gasteiger partial charge in [0.1, 0.15) is 5.69 Å². The Morgan fingerprint density at radius 1 is 1.07 bits per heavy atom. The molecule has 2 aliphatic carbocycles. The molecule has 0 radical (unpaired) electrons. The van der Waals surface area contributed by atoms with Gasteiger partial charge in [-0.15, -0.1) is 0 Å². The number of ketones is 1. The molecule has 0 amide bonds. The van der Waals surface area contributed by atoms with Gasteiger partial charge in [-0.2, -0.15) is 0 Å². The summed E-state index contributed by atoms with van der Waals surface area (Å²) in [5.41, 5.74) is 6.74. The monoisotopic (exact) mass is 370 g/mol. The summed E-state index contributed by atoms with van der Waals surface area (Å²) in [6.07, 6.45) is 10.2. The van der Waals surface area contributed by atoms with E-state index < -0.39 is 0 Å². The third-order valence-electron chi connectivity index (χ3n) is 5.37. The summed E-state index contributed by atoms with van der Waals surface area (Å²) in [6, 6.07) is 0. The third-order valence-corrected chi connectivity index (χ3v) is 5.37. The highest BCUT2D eigenvalue weighted by Crippen LogP contribution is 2.34. The second kappa shape index (κ2) is 8.14. The normalized spacial score (nSPS) is 18.4. The van der Waals surface area contributed by atoms with Gasteiger partial charge in [-0.1, -0.05) is 0 Å². The van der Waals surface area contributed by atoms with E-state index in [2.05, 4.69) is 20.8 Å². The minimum absolute atomic E-state index is 0.0983. The quantitative estimate of drug-likeness (QED) is 0.573. The average molecular weight is 371 g/mol. The van der Waals surface area contributed by atoms with Crippen LogP contribution in [-0.2, 0) is 30.4 Å². The number of fused-ring (bicyclic) bond motifs is 2. The van der Waals surface area contributed by atoms with Gasteiger partial charge in [0.15, 0.2) is 0 Å². The summed E-state index contributed by atoms with van der Waals surface area (Å²) >= 11 is 0. The van der Waals surface area contributed by atoms with E-state index in [1.807, 2.05) is 25.2 Å². The molecule has 4 nitrogen and oxygen atoms in total. The van der Waals surface area contributed by atoms with E-state index in [1.165, 1.54) is 35.2 Å². The van der Waals surface area contributed by atoms with Crippen LogP contribution < -0.4 is 0 Å². The molecule has 27 heavy (non-hydrogen) atoms. The highest BCUT2D eigenvalue weighted by atomic mass is 16.5. The number of ether oxygens (including phenoxy) is 1. The van der Waals surface area contributed by atoms with E-state index in [4.69, 9.17) is 9.72 Å². The van der Waals surface area contributed by atoms with E-state index in [-0.39, 0.29) is 11.4 Å². The van der Waals surface area contributed by atoms with E-state index in [0.29, 0.717) is 0 Å². The molecule has 1 aromatic heterocycles. The predicted octanol–water partition coefficient (Wildman–Crippen LogP) is 4.28. The standard InChI is InChI=1S/C23H34N2O2/c1-23(2,3)27-14-8-10-17-18-9-6-7-11-20(18)24-21-19(17)13-12-16(22(21)26)15-25(4)5/h15H,6-14H2,1-5H3/b16-15-. The van der Waals surface area contributed by atoms with Crippen molar-refractivity contribution in [2.45, 2.75) is 77.7 Å². The molecule has 0 unspecified atom stereocenters. The van der Waals surface area contributed by atoms with Gasteiger partial charge in [0.05, 0.1) is 5.60 Å². The zero-order valence-electron chi connectivity index (χ0n) is 17.7. The van der Waals surface area contributed by atoms with Gasteiger partial charge >= 0.3 is 0 Å². The van der Waals surface area contributed by atoms with Crippen LogP contribution in [0.3, 0.4) is 0 Å². The number of rotatable bonds is 5. The fourth-order valence-corrected chi connectivity index (χ4v) is 4.21. The lowest BCUT2D eigenvalue weighted by Crippen LogP contribution is -2.24. The number of Topliss-reactive ketones (excluding diaryl/α,β-unsaturated/α-hetero) is 1. The van der Waals surface area contributed by atoms with Crippen LogP contribution in [0.5, 0.6) is 0 Å². The number of hydrogen-bond acceptors (Lipinski definition) is 4. The summed E-state index contributed by atoms with van der Waals surface area (Å²) in [5.74, 6) is 0.130. The minimum atomic E-state index is -0.0983. The zero-order valence-corrected chi connectivity index (χ0v) is 17.7. The fraction of sp³-hybridized carbons (Fsp3) is 0.652. The number of allylic oxidation sites excluding steroid dienone is 1. The van der Waals surface area contributed by atoms with Gasteiger partial charge in [0.2, 0.25) is 5.78 Å². The molecular formula is C23H34N2O2. The maximum Gasteiger partial charge on any atom is 0.209 e. The molecule has 4 heteroatoms. The maximum atomic E-state index is 13.1. The van der Waals surface area contributed by atoms with Gasteiger partial charge in [-0.05, 0) is 88.8 Å². The van der Waals surface area contributed by atoms with Crippen LogP contribution in [0, 0.1) is 0 Å². The Bertz CT molecular complexity index is 742. The molecule has 0 fully saturated rings. The zero-order chi connectivity index (χ0) is 19.6. The minimum Gasteiger partial charge on any atom is -0.383 e. The Morgan fingerprint density at radius 2 is 1.81 bits per heavy atom. The van der Waals surface area contributed by atoms with E-state index in [0.717, 1.165) is 56.4 Å². The molecule has 2 aliphatic rings. The summed E-state index contributed by atoms with van der Waals surface area (Å²) < 4.78 is 5.92. The van der Waals surface area contributed by atoms with Crippen molar-refractivity contribution in [3.63, 3.8) is 0 Å². The Kier molecular flexibility index (Phi) is 6.05. The number of aryl methyl sites for hydroxylation is 1. The first-order valence-corrected chi connectivity index (χ1v) is 10.4. The van der Waals surface area contributed by atoms with Crippen molar-refractivity contribution in [2.24, 2.45) is 0 Å². The summed E-state index contributed by atoms with van der Waals surface area (Å²) in [4.78, 5) is 19.9. The Hall–Kier alpha value is -1.68. The number of pyridine rings is 1. The molecule has 0 atom stereocenters. The van der Waals surface area contributed by atoms with Crippen molar-refractivity contribution in [1.29, 1.82) is 0 Å². The molecule has 0 bridgehead atoms. The molecular weight excluding hydrogens is 336 g/mol. The lowest BCUT2D eigenvalue weighted by atomic mass is 9.81. The number of aromatic nitrogens is 1. The predicted molar refractivity (Wildman–Crippen MR) is 109 cm³/mol. The van der Waals surface area contributed by atoms with Gasteiger partial charge in [-0.3, -0.25) is 4.79 Å². The van der Waals surface area contributed by atoms with Crippen LogP contribution in [-0.4, -0.2) is 42.0 Å². The van der Waals surface area contributed by atoms with E-state index in [1.54, 1.807) is 0 Å². The van der Waals surface area contributed by atoms with Crippen molar-refractivity contribution in [3.8, 4) is 0 Å². The van der Waals surface area contributed by atoms with Crippen LogP contribution >= 0.6 is 0 Å². The van der Waals surface area contributed by atoms with Gasteiger partial charge in [-0.25, -0.2) is 4.98 Å². The molecule has 0 aliphatic heterocycles. The van der Waals surface area contributed by atoms with Gasteiger partial charge in [0.25, 0.3) is 0 Å². The van der Waals surface area contributed by atoms with Crippen molar-refractivity contribution in [1.82, 2.24) is 9.88 Å². The topological polar surface area (TPSA) is 42.4 Å². The van der Waals surface area contributed by atoms with Crippen molar-refractivity contribution < 1.29 is 9.53 Å². The Labute approximate surface area is 164 Å². The van der Waals surface area contributed by atoms with Gasteiger partial charge < -0.3 is 9.64 Å². The lowest BCUT2D eigenvalue weighted by Gasteiger charge is -2.27. The van der Waals surface area contributed by atoms with Crippen molar-refractivity contribution in [2.75, 3.05) is 20.7 Å². The van der Waals surface area contributed by atoms with Crippen LogP contribution in [0.2, 0.25) is 0 Å². The Balaban J connectivity index is 1.91. The summed E-state index contributed by atoms with van der Waals surface area (Å²) in [6.45, 7) is 7.05. The lowest BCUT2D eigenvalue weighted by molar-refractivity contribution is -0.00387. The fourth-order valence-electron chi connectivity index (χ4n) is 4.21. The van der Waals surface area contributed by atoms with Gasteiger partial charge in [0, 0.05) is 38.2 Å². The van der Waals surface area contributed by atoms with Crippen LogP contribution in [0.15, 0.2) is 11.8 Å². The molecule has 148 valence electrons. The molecule has 3 rings (SSSR count). The first kappa shape index (κ1) is 20.1. The number of carbonyl (C=O) groups excluding carboxylic acids is 1. The molecule has 0 aromatic carbocycles. The van der Waals surface area contributed by atoms with Crippen molar-refractivity contribution >= 4 is 5.78 Å². The van der Waals surface area contributed by atoms with Crippen LogP contribution in [0.1, 0.15) is 79.3 Å². The first-order chi connectivity index (χ1) is 12.8. The number of nitrogens with zero attached hydrogens (tertiary/aromatic N) is 2. The smallest absolute Gasteiger partial charge is 0.209 e. The molecule has 0 saturated carbocycles. The van der Waals surface area contributed by atoms with Crippen LogP contribution in [0.25, 0.3) is 0 Å². The third kappa shape index (κ3) is 4.78. The maximum absolute atomic E-state index is 13.1. The molecule has 0 saturated heterocycles.